The first-order valence-corrected chi connectivity index (χ1v) is 15.1. The van der Waals surface area contributed by atoms with E-state index in [1.807, 2.05) is 36.4 Å². The minimum atomic E-state index is -1.74. The number of ketones is 2. The number of Topliss-reactive ketones (excluding diaryl/α,β-unsaturated/α-hetero) is 2. The molecule has 0 bridgehead atoms. The third-order valence-corrected chi connectivity index (χ3v) is 8.91. The number of aliphatic imine (C=N–C) groups is 2. The molecule has 46 heavy (non-hydrogen) atoms. The van der Waals surface area contributed by atoms with E-state index in [0.29, 0.717) is 33.8 Å². The molecule has 0 saturated carbocycles. The first kappa shape index (κ1) is 30.8. The Bertz CT molecular complexity index is 1690. The molecule has 232 valence electrons. The summed E-state index contributed by atoms with van der Waals surface area (Å²) in [7, 11) is 3.14. The van der Waals surface area contributed by atoms with E-state index < -0.39 is 29.5 Å². The molecule has 2 aliphatic rings. The Labute approximate surface area is 271 Å². The van der Waals surface area contributed by atoms with Crippen molar-refractivity contribution in [1.29, 1.82) is 0 Å². The predicted octanol–water partition coefficient (Wildman–Crippen LogP) is 5.51. The Hall–Kier alpha value is -5.19. The van der Waals surface area contributed by atoms with Gasteiger partial charge in [0.05, 0.1) is 38.3 Å². The second-order valence-electron chi connectivity index (χ2n) is 11.1. The van der Waals surface area contributed by atoms with E-state index in [1.165, 1.54) is 0 Å². The monoisotopic (exact) mass is 632 g/mol. The lowest BCUT2D eigenvalue weighted by molar-refractivity contribution is -0.128. The maximum absolute atomic E-state index is 14.9. The molecule has 0 aromatic heterocycles. The van der Waals surface area contributed by atoms with Crippen molar-refractivity contribution in [3.8, 4) is 11.5 Å². The summed E-state index contributed by atoms with van der Waals surface area (Å²) in [4.78, 5) is 38.7. The van der Waals surface area contributed by atoms with Crippen molar-refractivity contribution in [3.05, 3.63) is 131 Å². The van der Waals surface area contributed by atoms with E-state index in [4.69, 9.17) is 37.9 Å². The summed E-state index contributed by atoms with van der Waals surface area (Å²) >= 11 is 5.35. The quantitative estimate of drug-likeness (QED) is 0.192. The van der Waals surface area contributed by atoms with Crippen LogP contribution in [0.2, 0.25) is 0 Å². The topological polar surface area (TPSA) is 139 Å². The molecule has 4 aromatic carbocycles. The molecule has 6 rings (SSSR count). The highest BCUT2D eigenvalue weighted by Crippen LogP contribution is 2.58. The minimum absolute atomic E-state index is 0.0751. The number of hydrogen-bond donors (Lipinski definition) is 2. The molecule has 0 aliphatic carbocycles. The number of ether oxygens (including phenoxy) is 3. The number of methoxy groups -OCH3 is 2. The van der Waals surface area contributed by atoms with Gasteiger partial charge in [-0.2, -0.15) is 0 Å². The van der Waals surface area contributed by atoms with Crippen LogP contribution in [-0.4, -0.2) is 42.6 Å². The number of rotatable bonds is 8. The van der Waals surface area contributed by atoms with E-state index in [-0.39, 0.29) is 28.4 Å². The van der Waals surface area contributed by atoms with Crippen LogP contribution in [0.15, 0.2) is 119 Å². The molecule has 0 radical (unpaired) electrons. The summed E-state index contributed by atoms with van der Waals surface area (Å²) < 4.78 is 17.8. The largest absolute Gasteiger partial charge is 0.497 e. The van der Waals surface area contributed by atoms with Crippen LogP contribution in [0.4, 0.5) is 0 Å². The average molecular weight is 633 g/mol. The second-order valence-corrected chi connectivity index (χ2v) is 11.5. The zero-order chi connectivity index (χ0) is 32.4. The average Bonchev–Trinajstić information content (AvgIpc) is 3.10. The molecule has 9 nitrogen and oxygen atoms in total. The van der Waals surface area contributed by atoms with E-state index in [1.54, 1.807) is 87.0 Å². The molecule has 1 fully saturated rings. The number of nitrogens with two attached hydrogens (primary N) is 2. The molecule has 10 heteroatoms. The van der Waals surface area contributed by atoms with Gasteiger partial charge in [-0.1, -0.05) is 84.9 Å². The number of carbonyl (C=O) groups excluding carboxylic acids is 2. The second kappa shape index (κ2) is 12.7. The van der Waals surface area contributed by atoms with Gasteiger partial charge in [0.15, 0.2) is 11.6 Å². The van der Waals surface area contributed by atoms with E-state index >= 15 is 0 Å². The van der Waals surface area contributed by atoms with Crippen LogP contribution < -0.4 is 20.9 Å². The molecule has 2 heterocycles. The highest BCUT2D eigenvalue weighted by molar-refractivity contribution is 7.80. The number of amidine groups is 2. The highest BCUT2D eigenvalue weighted by Gasteiger charge is 2.66. The van der Waals surface area contributed by atoms with Crippen LogP contribution in [0.1, 0.15) is 44.1 Å². The Kier molecular flexibility index (Phi) is 8.48. The number of benzene rings is 4. The molecule has 4 atom stereocenters. The molecular formula is C36H32N4O5S. The lowest BCUT2D eigenvalue weighted by atomic mass is 9.54. The third kappa shape index (κ3) is 5.25. The van der Waals surface area contributed by atoms with Crippen molar-refractivity contribution in [2.75, 3.05) is 14.2 Å². The van der Waals surface area contributed by atoms with Gasteiger partial charge in [0.25, 0.3) is 0 Å². The minimum Gasteiger partial charge on any atom is -0.497 e. The Balaban J connectivity index is 1.68. The first-order chi connectivity index (χ1) is 22.3. The zero-order valence-electron chi connectivity index (χ0n) is 25.2. The highest BCUT2D eigenvalue weighted by atomic mass is 32.1. The van der Waals surface area contributed by atoms with Gasteiger partial charge in [-0.3, -0.25) is 9.59 Å². The van der Waals surface area contributed by atoms with Gasteiger partial charge >= 0.3 is 0 Å². The van der Waals surface area contributed by atoms with E-state index in [2.05, 4.69) is 9.98 Å². The van der Waals surface area contributed by atoms with Gasteiger partial charge in [0.1, 0.15) is 28.6 Å². The van der Waals surface area contributed by atoms with Crippen LogP contribution >= 0.6 is 12.2 Å². The predicted molar refractivity (Wildman–Crippen MR) is 179 cm³/mol. The van der Waals surface area contributed by atoms with Crippen molar-refractivity contribution in [1.82, 2.24) is 0 Å². The van der Waals surface area contributed by atoms with E-state index in [9.17, 15) is 9.59 Å². The van der Waals surface area contributed by atoms with Crippen LogP contribution in [-0.2, 0) is 4.74 Å². The Morgan fingerprint density at radius 1 is 0.652 bits per heavy atom. The normalized spacial score (nSPS) is 22.0. The van der Waals surface area contributed by atoms with Gasteiger partial charge in [-0.15, -0.1) is 0 Å². The number of carbonyl (C=O) groups is 2. The number of thiocarbonyl (C=S) groups is 1. The van der Waals surface area contributed by atoms with Gasteiger partial charge in [-0.25, -0.2) is 9.98 Å². The lowest BCUT2D eigenvalue weighted by Gasteiger charge is -2.54. The van der Waals surface area contributed by atoms with Gasteiger partial charge in [0, 0.05) is 11.1 Å². The van der Waals surface area contributed by atoms with E-state index in [0.717, 1.165) is 0 Å². The van der Waals surface area contributed by atoms with Gasteiger partial charge in [-0.05, 0) is 47.6 Å². The Morgan fingerprint density at radius 2 is 1.02 bits per heavy atom. The van der Waals surface area contributed by atoms with Crippen LogP contribution in [0.5, 0.6) is 11.5 Å². The van der Waals surface area contributed by atoms with Gasteiger partial charge < -0.3 is 25.7 Å². The van der Waals surface area contributed by atoms with Gasteiger partial charge in [0.2, 0.25) is 5.11 Å². The van der Waals surface area contributed by atoms with Crippen molar-refractivity contribution in [3.63, 3.8) is 0 Å². The smallest absolute Gasteiger partial charge is 0.222 e. The third-order valence-electron chi connectivity index (χ3n) is 8.73. The molecular weight excluding hydrogens is 600 g/mol. The molecule has 1 spiro atoms. The molecule has 4 aromatic rings. The fourth-order valence-corrected chi connectivity index (χ4v) is 6.75. The molecule has 1 saturated heterocycles. The molecule has 4 unspecified atom stereocenters. The van der Waals surface area contributed by atoms with Crippen LogP contribution in [0.25, 0.3) is 0 Å². The first-order valence-electron chi connectivity index (χ1n) is 14.6. The maximum atomic E-state index is 14.9. The summed E-state index contributed by atoms with van der Waals surface area (Å²) in [6, 6.07) is 31.9. The molecule has 2 aliphatic heterocycles. The van der Waals surface area contributed by atoms with Crippen molar-refractivity contribution in [2.45, 2.75) is 12.2 Å². The summed E-state index contributed by atoms with van der Waals surface area (Å²) in [5.74, 6) is -1.95. The van der Waals surface area contributed by atoms with Crippen molar-refractivity contribution in [2.24, 2.45) is 38.7 Å². The Morgan fingerprint density at radius 3 is 1.37 bits per heavy atom. The van der Waals surface area contributed by atoms with Crippen molar-refractivity contribution >= 4 is 40.6 Å². The summed E-state index contributed by atoms with van der Waals surface area (Å²) in [5, 5.41) is -0.0917. The zero-order valence-corrected chi connectivity index (χ0v) is 26.0. The van der Waals surface area contributed by atoms with Crippen LogP contribution in [0, 0.1) is 17.3 Å². The molecule has 0 amide bonds. The molecule has 4 N–H and O–H groups in total. The number of hydrogen-bond acceptors (Lipinski definition) is 8. The summed E-state index contributed by atoms with van der Waals surface area (Å²) in [6.07, 6.45) is -1.92. The number of nitrogens with zero attached hydrogens (tertiary/aromatic N) is 2. The fourth-order valence-electron chi connectivity index (χ4n) is 6.55. The SMILES string of the molecule is COc1ccc(C2OC(c3ccc(OC)cc3)C(C(=O)c3ccccc3)C3(C(N)=NC(=S)N=C3N)C2C(=O)c2ccccc2)cc1. The lowest BCUT2D eigenvalue weighted by Crippen LogP contribution is -2.67. The van der Waals surface area contributed by atoms with Crippen LogP contribution in [0.3, 0.4) is 0 Å². The fraction of sp³-hybridized carbons (Fsp3) is 0.194. The summed E-state index contributed by atoms with van der Waals surface area (Å²) in [6.45, 7) is 0. The maximum Gasteiger partial charge on any atom is 0.222 e. The van der Waals surface area contributed by atoms with Crippen molar-refractivity contribution < 1.29 is 23.8 Å². The summed E-state index contributed by atoms with van der Waals surface area (Å²) in [5.41, 5.74) is 14.1. The standard InChI is InChI=1S/C36H32N4O5S/c1-43-25-17-13-23(14-18-25)31-27(29(41)21-9-5-3-6-10-21)36(33(37)39-35(46)40-34(36)38)28(30(42)22-11-7-4-8-12-22)32(45-31)24-15-19-26(44-2)20-16-24/h3-20,27-28,31-32H,1-2H3,(H4,37,38,39,40,46).